The van der Waals surface area contributed by atoms with Crippen molar-refractivity contribution in [3.8, 4) is 0 Å². The molecule has 1 aliphatic heterocycles. The van der Waals surface area contributed by atoms with E-state index in [1.54, 1.807) is 11.3 Å². The summed E-state index contributed by atoms with van der Waals surface area (Å²) in [5.74, 6) is 0.265. The van der Waals surface area contributed by atoms with Gasteiger partial charge in [0, 0.05) is 19.1 Å². The molecule has 21 heavy (non-hydrogen) atoms. The minimum absolute atomic E-state index is 0.102. The number of benzene rings is 1. The molecular formula is C16H21N3OS. The highest BCUT2D eigenvalue weighted by Gasteiger charge is 2.34. The van der Waals surface area contributed by atoms with Crippen LogP contribution in [0.1, 0.15) is 26.3 Å². The molecule has 2 heterocycles. The molecule has 1 aromatic heterocycles. The average molecular weight is 303 g/mol. The second-order valence-electron chi connectivity index (χ2n) is 5.92. The number of amides is 1. The first-order valence-electron chi connectivity index (χ1n) is 7.51. The van der Waals surface area contributed by atoms with E-state index in [4.69, 9.17) is 0 Å². The Labute approximate surface area is 129 Å². The number of fused-ring (bicyclic) bond motifs is 1. The molecule has 0 saturated carbocycles. The fourth-order valence-corrected chi connectivity index (χ4v) is 3.56. The summed E-state index contributed by atoms with van der Waals surface area (Å²) < 4.78 is 1.24. The van der Waals surface area contributed by atoms with Crippen LogP contribution in [-0.4, -0.2) is 30.0 Å². The number of hydrogen-bond acceptors (Lipinski definition) is 4. The van der Waals surface area contributed by atoms with Crippen LogP contribution in [0.15, 0.2) is 18.2 Å². The van der Waals surface area contributed by atoms with Crippen molar-refractivity contribution in [2.24, 2.45) is 5.92 Å². The topological polar surface area (TPSA) is 45.2 Å². The summed E-state index contributed by atoms with van der Waals surface area (Å²) in [5.41, 5.74) is 2.40. The molecule has 5 heteroatoms. The summed E-state index contributed by atoms with van der Waals surface area (Å²) in [5, 5.41) is 4.01. The molecule has 0 atom stereocenters. The monoisotopic (exact) mass is 303 g/mol. The SMILES string of the molecule is CCc1ccc2nc(N3CC(C(=O)NC(C)C)C3)sc2c1. The normalized spacial score (nSPS) is 15.5. The van der Waals surface area contributed by atoms with Crippen LogP contribution >= 0.6 is 11.3 Å². The molecule has 1 saturated heterocycles. The quantitative estimate of drug-likeness (QED) is 0.944. The second-order valence-corrected chi connectivity index (χ2v) is 6.93. The highest BCUT2D eigenvalue weighted by Crippen LogP contribution is 2.33. The van der Waals surface area contributed by atoms with Gasteiger partial charge in [-0.15, -0.1) is 0 Å². The minimum Gasteiger partial charge on any atom is -0.354 e. The Morgan fingerprint density at radius 2 is 2.24 bits per heavy atom. The number of carbonyl (C=O) groups is 1. The zero-order chi connectivity index (χ0) is 15.0. The van der Waals surface area contributed by atoms with Crippen molar-refractivity contribution in [2.75, 3.05) is 18.0 Å². The highest BCUT2D eigenvalue weighted by atomic mass is 32.1. The molecule has 0 bridgehead atoms. The number of anilines is 1. The van der Waals surface area contributed by atoms with Crippen LogP contribution < -0.4 is 10.2 Å². The van der Waals surface area contributed by atoms with Crippen LogP contribution in [0.5, 0.6) is 0 Å². The van der Waals surface area contributed by atoms with Crippen LogP contribution in [-0.2, 0) is 11.2 Å². The molecule has 0 spiro atoms. The number of nitrogens with zero attached hydrogens (tertiary/aromatic N) is 2. The summed E-state index contributed by atoms with van der Waals surface area (Å²) in [6.07, 6.45) is 1.05. The van der Waals surface area contributed by atoms with Gasteiger partial charge in [0.05, 0.1) is 16.1 Å². The van der Waals surface area contributed by atoms with Crippen molar-refractivity contribution in [2.45, 2.75) is 33.2 Å². The van der Waals surface area contributed by atoms with Crippen molar-refractivity contribution in [1.82, 2.24) is 10.3 Å². The van der Waals surface area contributed by atoms with Crippen LogP contribution in [0.2, 0.25) is 0 Å². The fraction of sp³-hybridized carbons (Fsp3) is 0.500. The van der Waals surface area contributed by atoms with Crippen molar-refractivity contribution in [3.63, 3.8) is 0 Å². The predicted molar refractivity (Wildman–Crippen MR) is 88.0 cm³/mol. The molecule has 112 valence electrons. The zero-order valence-electron chi connectivity index (χ0n) is 12.7. The molecular weight excluding hydrogens is 282 g/mol. The lowest BCUT2D eigenvalue weighted by Gasteiger charge is -2.38. The van der Waals surface area contributed by atoms with E-state index in [0.29, 0.717) is 0 Å². The van der Waals surface area contributed by atoms with Gasteiger partial charge in [0.15, 0.2) is 5.13 Å². The lowest BCUT2D eigenvalue weighted by Crippen LogP contribution is -2.54. The Morgan fingerprint density at radius 3 is 2.90 bits per heavy atom. The summed E-state index contributed by atoms with van der Waals surface area (Å²) in [6, 6.07) is 6.67. The van der Waals surface area contributed by atoms with Gasteiger partial charge >= 0.3 is 0 Å². The molecule has 2 aromatic rings. The van der Waals surface area contributed by atoms with Crippen LogP contribution in [0.3, 0.4) is 0 Å². The number of nitrogens with one attached hydrogen (secondary N) is 1. The van der Waals surface area contributed by atoms with E-state index in [9.17, 15) is 4.79 Å². The molecule has 1 amide bonds. The average Bonchev–Trinajstić information content (AvgIpc) is 2.77. The van der Waals surface area contributed by atoms with Crippen molar-refractivity contribution in [3.05, 3.63) is 23.8 Å². The second kappa shape index (κ2) is 5.64. The number of hydrogen-bond donors (Lipinski definition) is 1. The van der Waals surface area contributed by atoms with E-state index < -0.39 is 0 Å². The fourth-order valence-electron chi connectivity index (χ4n) is 2.52. The first kappa shape index (κ1) is 14.3. The molecule has 0 unspecified atom stereocenters. The van der Waals surface area contributed by atoms with E-state index in [2.05, 4.69) is 40.3 Å². The zero-order valence-corrected chi connectivity index (χ0v) is 13.5. The van der Waals surface area contributed by atoms with Gasteiger partial charge in [0.2, 0.25) is 5.91 Å². The summed E-state index contributed by atoms with van der Waals surface area (Å²) in [4.78, 5) is 18.8. The Morgan fingerprint density at radius 1 is 1.48 bits per heavy atom. The molecule has 1 N–H and O–H groups in total. The van der Waals surface area contributed by atoms with Crippen molar-refractivity contribution < 1.29 is 4.79 Å². The third-order valence-corrected chi connectivity index (χ3v) is 4.88. The van der Waals surface area contributed by atoms with Gasteiger partial charge in [0.25, 0.3) is 0 Å². The first-order valence-corrected chi connectivity index (χ1v) is 8.33. The van der Waals surface area contributed by atoms with Gasteiger partial charge in [0.1, 0.15) is 0 Å². The van der Waals surface area contributed by atoms with E-state index >= 15 is 0 Å². The summed E-state index contributed by atoms with van der Waals surface area (Å²) in [7, 11) is 0. The molecule has 1 aliphatic rings. The van der Waals surface area contributed by atoms with Crippen LogP contribution in [0.25, 0.3) is 10.2 Å². The van der Waals surface area contributed by atoms with E-state index in [1.807, 2.05) is 13.8 Å². The van der Waals surface area contributed by atoms with Gasteiger partial charge in [-0.3, -0.25) is 4.79 Å². The van der Waals surface area contributed by atoms with Gasteiger partial charge < -0.3 is 10.2 Å². The summed E-state index contributed by atoms with van der Waals surface area (Å²) >= 11 is 1.72. The summed E-state index contributed by atoms with van der Waals surface area (Å²) in [6.45, 7) is 7.70. The largest absolute Gasteiger partial charge is 0.354 e. The van der Waals surface area contributed by atoms with Gasteiger partial charge in [-0.2, -0.15) is 0 Å². The van der Waals surface area contributed by atoms with E-state index in [1.165, 1.54) is 10.3 Å². The minimum atomic E-state index is 0.102. The molecule has 0 aliphatic carbocycles. The number of carbonyl (C=O) groups excluding carboxylic acids is 1. The number of thiazole rings is 1. The van der Waals surface area contributed by atoms with Crippen molar-refractivity contribution in [1.29, 1.82) is 0 Å². The van der Waals surface area contributed by atoms with Gasteiger partial charge in [-0.1, -0.05) is 24.3 Å². The van der Waals surface area contributed by atoms with E-state index in [-0.39, 0.29) is 17.9 Å². The Bertz CT molecular complexity index is 659. The number of rotatable bonds is 4. The molecule has 3 rings (SSSR count). The van der Waals surface area contributed by atoms with E-state index in [0.717, 1.165) is 30.2 Å². The van der Waals surface area contributed by atoms with Crippen LogP contribution in [0.4, 0.5) is 5.13 Å². The lowest BCUT2D eigenvalue weighted by atomic mass is 10.00. The van der Waals surface area contributed by atoms with Gasteiger partial charge in [-0.25, -0.2) is 4.98 Å². The number of aryl methyl sites for hydroxylation is 1. The maximum Gasteiger partial charge on any atom is 0.226 e. The maximum absolute atomic E-state index is 11.9. The van der Waals surface area contributed by atoms with Gasteiger partial charge in [-0.05, 0) is 38.0 Å². The maximum atomic E-state index is 11.9. The predicted octanol–water partition coefficient (Wildman–Crippen LogP) is 2.82. The first-order chi connectivity index (χ1) is 10.1. The molecule has 0 radical (unpaired) electrons. The number of aromatic nitrogens is 1. The smallest absolute Gasteiger partial charge is 0.226 e. The highest BCUT2D eigenvalue weighted by molar-refractivity contribution is 7.22. The Balaban J connectivity index is 1.68. The van der Waals surface area contributed by atoms with Crippen LogP contribution in [0, 0.1) is 5.92 Å². The Kier molecular flexibility index (Phi) is 3.85. The molecule has 4 nitrogen and oxygen atoms in total. The molecule has 1 fully saturated rings. The van der Waals surface area contributed by atoms with Crippen molar-refractivity contribution >= 4 is 32.6 Å². The Hall–Kier alpha value is -1.62. The third kappa shape index (κ3) is 2.88. The third-order valence-electron chi connectivity index (χ3n) is 3.80. The molecule has 1 aromatic carbocycles. The standard InChI is InChI=1S/C16H21N3OS/c1-4-11-5-6-13-14(7-11)21-16(18-13)19-8-12(9-19)15(20)17-10(2)3/h5-7,10,12H,4,8-9H2,1-3H3,(H,17,20). The lowest BCUT2D eigenvalue weighted by molar-refractivity contribution is -0.126.